The van der Waals surface area contributed by atoms with Crippen LogP contribution in [0.1, 0.15) is 42.4 Å². The zero-order valence-corrected chi connectivity index (χ0v) is 12.4. The van der Waals surface area contributed by atoms with E-state index in [0.717, 1.165) is 54.7 Å². The van der Waals surface area contributed by atoms with Crippen molar-refractivity contribution in [2.45, 2.75) is 38.5 Å². The average molecular weight is 297 g/mol. The summed E-state index contributed by atoms with van der Waals surface area (Å²) in [5.41, 5.74) is 4.99. The Labute approximate surface area is 129 Å². The summed E-state index contributed by atoms with van der Waals surface area (Å²) >= 11 is 0. The van der Waals surface area contributed by atoms with Crippen molar-refractivity contribution in [1.29, 1.82) is 0 Å². The fraction of sp³-hybridized carbons (Fsp3) is 0.412. The summed E-state index contributed by atoms with van der Waals surface area (Å²) in [6.07, 6.45) is 12.2. The van der Waals surface area contributed by atoms with E-state index in [2.05, 4.69) is 22.2 Å². The molecule has 22 heavy (non-hydrogen) atoms. The van der Waals surface area contributed by atoms with Crippen molar-refractivity contribution in [3.05, 3.63) is 41.5 Å². The summed E-state index contributed by atoms with van der Waals surface area (Å²) in [6.45, 7) is 0.706. The quantitative estimate of drug-likeness (QED) is 0.946. The van der Waals surface area contributed by atoms with Gasteiger partial charge in [-0.2, -0.15) is 5.10 Å². The average Bonchev–Trinajstić information content (AvgIpc) is 3.22. The Kier molecular flexibility index (Phi) is 3.52. The molecule has 0 amide bonds. The van der Waals surface area contributed by atoms with Crippen LogP contribution in [0, 0.1) is 0 Å². The monoisotopic (exact) mass is 297 g/mol. The van der Waals surface area contributed by atoms with Gasteiger partial charge in [0.1, 0.15) is 6.23 Å². The highest BCUT2D eigenvalue weighted by Gasteiger charge is 2.21. The first-order valence-electron chi connectivity index (χ1n) is 7.82. The van der Waals surface area contributed by atoms with Crippen LogP contribution in [0.5, 0.6) is 0 Å². The van der Waals surface area contributed by atoms with Crippen LogP contribution in [0.15, 0.2) is 24.5 Å². The van der Waals surface area contributed by atoms with Crippen molar-refractivity contribution >= 4 is 6.08 Å². The van der Waals surface area contributed by atoms with E-state index in [-0.39, 0.29) is 12.8 Å². The topological polar surface area (TPSA) is 60.2 Å². The number of pyridine rings is 1. The first-order chi connectivity index (χ1) is 10.9. The molecule has 1 aliphatic heterocycles. The molecule has 1 fully saturated rings. The minimum Gasteiger partial charge on any atom is -0.390 e. The van der Waals surface area contributed by atoms with Crippen LogP contribution in [0.3, 0.4) is 0 Å². The van der Waals surface area contributed by atoms with Gasteiger partial charge in [0, 0.05) is 36.5 Å². The SMILES string of the molecule is OCc1nn(C2CCCCO2)cc1-c1ccnc2c1C=CC2. The van der Waals surface area contributed by atoms with Crippen molar-refractivity contribution in [2.24, 2.45) is 0 Å². The zero-order valence-electron chi connectivity index (χ0n) is 12.4. The third kappa shape index (κ3) is 2.26. The summed E-state index contributed by atoms with van der Waals surface area (Å²) < 4.78 is 7.66. The van der Waals surface area contributed by atoms with Crippen molar-refractivity contribution < 1.29 is 9.84 Å². The Hall–Kier alpha value is -1.98. The highest BCUT2D eigenvalue weighted by atomic mass is 16.5. The lowest BCUT2D eigenvalue weighted by molar-refractivity contribution is -0.0398. The largest absolute Gasteiger partial charge is 0.390 e. The number of hydrogen-bond donors (Lipinski definition) is 1. The number of ether oxygens (including phenoxy) is 1. The molecular formula is C17H19N3O2. The minimum absolute atomic E-state index is 0.0155. The van der Waals surface area contributed by atoms with E-state index in [4.69, 9.17) is 4.74 Å². The van der Waals surface area contributed by atoms with E-state index in [0.29, 0.717) is 5.69 Å². The number of aromatic nitrogens is 3. The van der Waals surface area contributed by atoms with Gasteiger partial charge in [-0.1, -0.05) is 12.2 Å². The van der Waals surface area contributed by atoms with E-state index < -0.39 is 0 Å². The maximum Gasteiger partial charge on any atom is 0.150 e. The molecule has 2 aromatic heterocycles. The first-order valence-corrected chi connectivity index (χ1v) is 7.82. The second-order valence-corrected chi connectivity index (χ2v) is 5.77. The second-order valence-electron chi connectivity index (χ2n) is 5.77. The lowest BCUT2D eigenvalue weighted by Gasteiger charge is -2.22. The fourth-order valence-corrected chi connectivity index (χ4v) is 3.24. The predicted octanol–water partition coefficient (Wildman–Crippen LogP) is 2.71. The highest BCUT2D eigenvalue weighted by Crippen LogP contribution is 2.33. The van der Waals surface area contributed by atoms with E-state index in [1.165, 1.54) is 0 Å². The van der Waals surface area contributed by atoms with Crippen molar-refractivity contribution in [1.82, 2.24) is 14.8 Å². The molecule has 5 heteroatoms. The van der Waals surface area contributed by atoms with Gasteiger partial charge in [0.05, 0.1) is 18.0 Å². The van der Waals surface area contributed by atoms with Gasteiger partial charge in [0.25, 0.3) is 0 Å². The summed E-state index contributed by atoms with van der Waals surface area (Å²) in [6, 6.07) is 2.00. The molecule has 114 valence electrons. The Morgan fingerprint density at radius 2 is 2.27 bits per heavy atom. The molecule has 1 atom stereocenters. The molecule has 0 bridgehead atoms. The van der Waals surface area contributed by atoms with Crippen LogP contribution in [-0.2, 0) is 17.8 Å². The minimum atomic E-state index is -0.0735. The van der Waals surface area contributed by atoms with Crippen LogP contribution in [0.25, 0.3) is 17.2 Å². The van der Waals surface area contributed by atoms with Crippen molar-refractivity contribution in [2.75, 3.05) is 6.61 Å². The smallest absolute Gasteiger partial charge is 0.150 e. The van der Waals surface area contributed by atoms with Gasteiger partial charge >= 0.3 is 0 Å². The molecule has 5 nitrogen and oxygen atoms in total. The summed E-state index contributed by atoms with van der Waals surface area (Å²) in [7, 11) is 0. The molecule has 0 spiro atoms. The molecule has 0 aromatic carbocycles. The molecule has 1 N–H and O–H groups in total. The lowest BCUT2D eigenvalue weighted by atomic mass is 10.0. The molecule has 0 saturated carbocycles. The number of aliphatic hydroxyl groups is 1. The summed E-state index contributed by atoms with van der Waals surface area (Å²) in [5, 5.41) is 14.2. The van der Waals surface area contributed by atoms with Crippen LogP contribution in [0.4, 0.5) is 0 Å². The van der Waals surface area contributed by atoms with Crippen LogP contribution < -0.4 is 0 Å². The second kappa shape index (κ2) is 5.66. The standard InChI is InChI=1S/C17H19N3O2/c21-11-16-14(10-20(19-16)17-6-1-2-9-22-17)12-7-8-18-15-5-3-4-13(12)15/h3-4,7-8,10,17,21H,1-2,5-6,9,11H2. The van der Waals surface area contributed by atoms with Gasteiger partial charge in [0.2, 0.25) is 0 Å². The van der Waals surface area contributed by atoms with Gasteiger partial charge in [-0.05, 0) is 30.9 Å². The molecule has 1 aliphatic carbocycles. The van der Waals surface area contributed by atoms with Gasteiger partial charge in [-0.3, -0.25) is 4.98 Å². The molecule has 3 heterocycles. The third-order valence-electron chi connectivity index (χ3n) is 4.37. The predicted molar refractivity (Wildman–Crippen MR) is 83.0 cm³/mol. The molecule has 2 aliphatic rings. The number of fused-ring (bicyclic) bond motifs is 1. The third-order valence-corrected chi connectivity index (χ3v) is 4.37. The molecule has 1 saturated heterocycles. The summed E-state index contributed by atoms with van der Waals surface area (Å²) in [4.78, 5) is 4.42. The molecule has 4 rings (SSSR count). The lowest BCUT2D eigenvalue weighted by Crippen LogP contribution is -2.18. The van der Waals surface area contributed by atoms with Crippen molar-refractivity contribution in [3.8, 4) is 11.1 Å². The number of nitrogens with zero attached hydrogens (tertiary/aromatic N) is 3. The van der Waals surface area contributed by atoms with Crippen LogP contribution in [-0.4, -0.2) is 26.5 Å². The van der Waals surface area contributed by atoms with E-state index in [1.807, 2.05) is 23.1 Å². The highest BCUT2D eigenvalue weighted by molar-refractivity contribution is 5.79. The molecule has 0 radical (unpaired) electrons. The number of rotatable bonds is 3. The van der Waals surface area contributed by atoms with E-state index >= 15 is 0 Å². The Balaban J connectivity index is 1.77. The molecular weight excluding hydrogens is 278 g/mol. The Morgan fingerprint density at radius 3 is 3.09 bits per heavy atom. The number of allylic oxidation sites excluding steroid dienone is 1. The van der Waals surface area contributed by atoms with Gasteiger partial charge < -0.3 is 9.84 Å². The fourth-order valence-electron chi connectivity index (χ4n) is 3.24. The zero-order chi connectivity index (χ0) is 14.9. The molecule has 2 aromatic rings. The van der Waals surface area contributed by atoms with Gasteiger partial charge in [-0.25, -0.2) is 4.68 Å². The Morgan fingerprint density at radius 1 is 1.32 bits per heavy atom. The van der Waals surface area contributed by atoms with Gasteiger partial charge in [-0.15, -0.1) is 0 Å². The first kappa shape index (κ1) is 13.7. The Bertz CT molecular complexity index is 715. The number of hydrogen-bond acceptors (Lipinski definition) is 4. The molecule has 1 unspecified atom stereocenters. The van der Waals surface area contributed by atoms with Crippen molar-refractivity contribution in [3.63, 3.8) is 0 Å². The maximum absolute atomic E-state index is 9.69. The number of aliphatic hydroxyl groups excluding tert-OH is 1. The maximum atomic E-state index is 9.69. The van der Waals surface area contributed by atoms with E-state index in [9.17, 15) is 5.11 Å². The van der Waals surface area contributed by atoms with Gasteiger partial charge in [0.15, 0.2) is 0 Å². The van der Waals surface area contributed by atoms with Crippen LogP contribution in [0.2, 0.25) is 0 Å². The summed E-state index contributed by atoms with van der Waals surface area (Å²) in [5.74, 6) is 0. The van der Waals surface area contributed by atoms with E-state index in [1.54, 1.807) is 0 Å². The van der Waals surface area contributed by atoms with Crippen LogP contribution >= 0.6 is 0 Å². The normalized spacial score (nSPS) is 20.3.